The van der Waals surface area contributed by atoms with Crippen LogP contribution in [0.25, 0.3) is 0 Å². The number of hydrogen-bond donors (Lipinski definition) is 3. The number of benzene rings is 2. The summed E-state index contributed by atoms with van der Waals surface area (Å²) in [6.45, 7) is 6.89. The fraction of sp³-hybridized carbons (Fsp3) is 0.556. The molecule has 4 rings (SSSR count). The first kappa shape index (κ1) is 24.8. The van der Waals surface area contributed by atoms with Crippen LogP contribution < -0.4 is 14.4 Å². The number of likely N-dealkylation sites (tertiary alicyclic amines) is 1. The highest BCUT2D eigenvalue weighted by Gasteiger charge is 2.44. The van der Waals surface area contributed by atoms with Gasteiger partial charge in [-0.1, -0.05) is 12.1 Å². The Kier molecular flexibility index (Phi) is 7.38. The molecule has 2 atom stereocenters. The van der Waals surface area contributed by atoms with E-state index in [0.717, 1.165) is 35.7 Å². The van der Waals surface area contributed by atoms with E-state index in [9.17, 15) is 15.3 Å². The van der Waals surface area contributed by atoms with Gasteiger partial charge < -0.3 is 29.7 Å². The lowest BCUT2D eigenvalue weighted by Gasteiger charge is -2.46. The van der Waals surface area contributed by atoms with Gasteiger partial charge in [-0.15, -0.1) is 0 Å². The predicted octanol–water partition coefficient (Wildman–Crippen LogP) is 2.52. The second-order valence-electron chi connectivity index (χ2n) is 10.1. The molecule has 2 heterocycles. The van der Waals surface area contributed by atoms with Gasteiger partial charge in [-0.2, -0.15) is 0 Å². The maximum atomic E-state index is 11.3. The summed E-state index contributed by atoms with van der Waals surface area (Å²) in [6, 6.07) is 13.9. The summed E-state index contributed by atoms with van der Waals surface area (Å²) in [4.78, 5) is 4.34. The van der Waals surface area contributed by atoms with E-state index < -0.39 is 17.3 Å². The normalized spacial score (nSPS) is 25.2. The molecule has 0 spiro atoms. The van der Waals surface area contributed by atoms with Crippen LogP contribution in [-0.4, -0.2) is 84.0 Å². The smallest absolute Gasteiger partial charge is 0.137 e. The van der Waals surface area contributed by atoms with Crippen LogP contribution in [0.4, 0.5) is 5.69 Å². The standard InChI is InChI=1S/C27H38N2O5/c1-20-13-21(2)15-24(14-20)34-19-27(32)18-28(10-7-25(27)30)17-26(31)8-11-29(12-9-26)22-5-4-6-23(16-22)33-3/h4-6,13-16,25,30-32H,7-12,17-19H2,1-3H3/t25-,27-/m0/s1. The quantitative estimate of drug-likeness (QED) is 0.573. The van der Waals surface area contributed by atoms with Crippen molar-refractivity contribution in [2.75, 3.05) is 51.3 Å². The molecule has 2 fully saturated rings. The SMILES string of the molecule is COc1cccc(N2CCC(O)(CN3CC[C@H](O)[C@@](O)(COc4cc(C)cc(C)c4)C3)CC2)c1. The molecule has 7 nitrogen and oxygen atoms in total. The van der Waals surface area contributed by atoms with E-state index in [1.807, 2.05) is 44.2 Å². The number of aryl methyl sites for hydroxylation is 2. The second kappa shape index (κ2) is 10.1. The lowest BCUT2D eigenvalue weighted by molar-refractivity contribution is -0.149. The fourth-order valence-corrected chi connectivity index (χ4v) is 5.21. The summed E-state index contributed by atoms with van der Waals surface area (Å²) in [7, 11) is 1.66. The minimum atomic E-state index is -1.38. The molecular formula is C27H38N2O5. The maximum Gasteiger partial charge on any atom is 0.137 e. The van der Waals surface area contributed by atoms with Crippen molar-refractivity contribution < 1.29 is 24.8 Å². The van der Waals surface area contributed by atoms with Crippen LogP contribution in [0.15, 0.2) is 42.5 Å². The van der Waals surface area contributed by atoms with Crippen LogP contribution in [0, 0.1) is 13.8 Å². The highest BCUT2D eigenvalue weighted by atomic mass is 16.5. The molecule has 0 amide bonds. The molecule has 7 heteroatoms. The Balaban J connectivity index is 1.34. The first-order valence-corrected chi connectivity index (χ1v) is 12.1. The number of rotatable bonds is 7. The average molecular weight is 471 g/mol. The molecule has 0 unspecified atom stereocenters. The topological polar surface area (TPSA) is 85.6 Å². The fourth-order valence-electron chi connectivity index (χ4n) is 5.21. The van der Waals surface area contributed by atoms with Crippen LogP contribution in [0.5, 0.6) is 11.5 Å². The molecule has 0 aromatic heterocycles. The predicted molar refractivity (Wildman–Crippen MR) is 133 cm³/mol. The number of methoxy groups -OCH3 is 1. The molecular weight excluding hydrogens is 432 g/mol. The van der Waals surface area contributed by atoms with Crippen molar-refractivity contribution in [3.05, 3.63) is 53.6 Å². The van der Waals surface area contributed by atoms with Gasteiger partial charge in [-0.3, -0.25) is 4.90 Å². The molecule has 2 aromatic rings. The first-order valence-electron chi connectivity index (χ1n) is 12.1. The van der Waals surface area contributed by atoms with Gasteiger partial charge in [-0.05, 0) is 68.5 Å². The molecule has 2 aliphatic rings. The van der Waals surface area contributed by atoms with E-state index in [1.54, 1.807) is 7.11 Å². The molecule has 0 aliphatic carbocycles. The largest absolute Gasteiger partial charge is 0.497 e. The van der Waals surface area contributed by atoms with Crippen LogP contribution >= 0.6 is 0 Å². The summed E-state index contributed by atoms with van der Waals surface area (Å²) in [6.07, 6.45) is 0.861. The number of ether oxygens (including phenoxy) is 2. The molecule has 0 saturated carbocycles. The average Bonchev–Trinajstić information content (AvgIpc) is 2.80. The summed E-state index contributed by atoms with van der Waals surface area (Å²) in [5.41, 5.74) is 1.08. The van der Waals surface area contributed by atoms with Crippen LogP contribution in [0.3, 0.4) is 0 Å². The van der Waals surface area contributed by atoms with Gasteiger partial charge >= 0.3 is 0 Å². The van der Waals surface area contributed by atoms with Crippen LogP contribution in [0.1, 0.15) is 30.4 Å². The van der Waals surface area contributed by atoms with Gasteiger partial charge in [0.05, 0.1) is 18.8 Å². The number of anilines is 1. The zero-order chi connectivity index (χ0) is 24.3. The number of aliphatic hydroxyl groups excluding tert-OH is 1. The summed E-state index contributed by atoms with van der Waals surface area (Å²) >= 11 is 0. The Morgan fingerprint density at radius 3 is 2.35 bits per heavy atom. The molecule has 0 radical (unpaired) electrons. The third-order valence-electron chi connectivity index (χ3n) is 7.15. The Morgan fingerprint density at radius 2 is 1.68 bits per heavy atom. The van der Waals surface area contributed by atoms with Crippen molar-refractivity contribution in [3.8, 4) is 11.5 Å². The van der Waals surface area contributed by atoms with E-state index in [4.69, 9.17) is 9.47 Å². The van der Waals surface area contributed by atoms with Gasteiger partial charge in [0.1, 0.15) is 23.7 Å². The van der Waals surface area contributed by atoms with Crippen LogP contribution in [-0.2, 0) is 0 Å². The van der Waals surface area contributed by atoms with E-state index in [-0.39, 0.29) is 13.2 Å². The monoisotopic (exact) mass is 470 g/mol. The number of β-amino-alcohol motifs (C(OH)–C–C–N with tert-alkyl or cyclic N) is 2. The van der Waals surface area contributed by atoms with Gasteiger partial charge in [0.2, 0.25) is 0 Å². The van der Waals surface area contributed by atoms with Gasteiger partial charge in [0.15, 0.2) is 0 Å². The minimum Gasteiger partial charge on any atom is -0.497 e. The van der Waals surface area contributed by atoms with Gasteiger partial charge in [0.25, 0.3) is 0 Å². The molecule has 2 aromatic carbocycles. The highest BCUT2D eigenvalue weighted by Crippen LogP contribution is 2.31. The molecule has 0 bridgehead atoms. The van der Waals surface area contributed by atoms with E-state index in [1.165, 1.54) is 0 Å². The molecule has 2 saturated heterocycles. The highest BCUT2D eigenvalue weighted by molar-refractivity contribution is 5.51. The molecule has 2 aliphatic heterocycles. The Bertz CT molecular complexity index is 955. The summed E-state index contributed by atoms with van der Waals surface area (Å²) < 4.78 is 11.2. The van der Waals surface area contributed by atoms with E-state index in [0.29, 0.717) is 38.1 Å². The number of piperidine rings is 2. The maximum absolute atomic E-state index is 11.3. The van der Waals surface area contributed by atoms with Crippen molar-refractivity contribution in [2.24, 2.45) is 0 Å². The van der Waals surface area contributed by atoms with E-state index >= 15 is 0 Å². The summed E-state index contributed by atoms with van der Waals surface area (Å²) in [5.74, 6) is 1.52. The van der Waals surface area contributed by atoms with Crippen LogP contribution in [0.2, 0.25) is 0 Å². The zero-order valence-electron chi connectivity index (χ0n) is 20.5. The number of aliphatic hydroxyl groups is 3. The number of hydrogen-bond acceptors (Lipinski definition) is 7. The lowest BCUT2D eigenvalue weighted by Crippen LogP contribution is -2.62. The number of nitrogens with zero attached hydrogens (tertiary/aromatic N) is 2. The Morgan fingerprint density at radius 1 is 0.971 bits per heavy atom. The van der Waals surface area contributed by atoms with Crippen molar-refractivity contribution in [1.82, 2.24) is 4.90 Å². The third-order valence-corrected chi connectivity index (χ3v) is 7.15. The Labute approximate surface area is 202 Å². The van der Waals surface area contributed by atoms with Crippen molar-refractivity contribution >= 4 is 5.69 Å². The Hall–Kier alpha value is -2.32. The van der Waals surface area contributed by atoms with Crippen molar-refractivity contribution in [1.29, 1.82) is 0 Å². The molecule has 34 heavy (non-hydrogen) atoms. The van der Waals surface area contributed by atoms with Crippen molar-refractivity contribution in [2.45, 2.75) is 50.4 Å². The summed E-state index contributed by atoms with van der Waals surface area (Å²) in [5, 5.41) is 33.1. The van der Waals surface area contributed by atoms with Gasteiger partial charge in [-0.25, -0.2) is 0 Å². The lowest BCUT2D eigenvalue weighted by atomic mass is 9.86. The van der Waals surface area contributed by atoms with Crippen molar-refractivity contribution in [3.63, 3.8) is 0 Å². The molecule has 3 N–H and O–H groups in total. The van der Waals surface area contributed by atoms with Gasteiger partial charge in [0, 0.05) is 44.5 Å². The zero-order valence-corrected chi connectivity index (χ0v) is 20.5. The minimum absolute atomic E-state index is 0.00953. The van der Waals surface area contributed by atoms with E-state index in [2.05, 4.69) is 21.9 Å². The second-order valence-corrected chi connectivity index (χ2v) is 10.1. The first-order chi connectivity index (χ1) is 16.2. The third kappa shape index (κ3) is 5.84. The molecule has 186 valence electrons.